The zero-order valence-electron chi connectivity index (χ0n) is 9.40. The van der Waals surface area contributed by atoms with Crippen molar-refractivity contribution in [3.8, 4) is 6.07 Å². The summed E-state index contributed by atoms with van der Waals surface area (Å²) < 4.78 is 1.04. The standard InChI is InChI=1S/C13H13BrN2O/c14-12-3-1-10(2-4-12)9-16-6-5-11(8-15)7-13(16)17/h1-4,11H,5-7,9H2. The molecule has 1 aliphatic rings. The summed E-state index contributed by atoms with van der Waals surface area (Å²) in [7, 11) is 0. The van der Waals surface area contributed by atoms with Crippen LogP contribution in [0.3, 0.4) is 0 Å². The van der Waals surface area contributed by atoms with E-state index in [-0.39, 0.29) is 11.8 Å². The van der Waals surface area contributed by atoms with E-state index in [1.165, 1.54) is 0 Å². The highest BCUT2D eigenvalue weighted by Gasteiger charge is 2.25. The molecule has 1 fully saturated rings. The van der Waals surface area contributed by atoms with Crippen LogP contribution < -0.4 is 0 Å². The van der Waals surface area contributed by atoms with Gasteiger partial charge >= 0.3 is 0 Å². The molecular formula is C13H13BrN2O. The summed E-state index contributed by atoms with van der Waals surface area (Å²) in [5.41, 5.74) is 1.12. The average molecular weight is 293 g/mol. The number of carbonyl (C=O) groups excluding carboxylic acids is 1. The SMILES string of the molecule is N#CC1CCN(Cc2ccc(Br)cc2)C(=O)C1. The molecule has 0 saturated carbocycles. The minimum Gasteiger partial charge on any atom is -0.338 e. The van der Waals surface area contributed by atoms with E-state index in [2.05, 4.69) is 22.0 Å². The van der Waals surface area contributed by atoms with Gasteiger partial charge < -0.3 is 4.90 Å². The Morgan fingerprint density at radius 1 is 1.41 bits per heavy atom. The molecule has 4 heteroatoms. The summed E-state index contributed by atoms with van der Waals surface area (Å²) in [5.74, 6) is -0.00520. The topological polar surface area (TPSA) is 44.1 Å². The van der Waals surface area contributed by atoms with E-state index >= 15 is 0 Å². The molecule has 0 bridgehead atoms. The lowest BCUT2D eigenvalue weighted by atomic mass is 9.97. The highest BCUT2D eigenvalue weighted by Crippen LogP contribution is 2.20. The van der Waals surface area contributed by atoms with Crippen molar-refractivity contribution >= 4 is 21.8 Å². The third-order valence-electron chi connectivity index (χ3n) is 2.99. The van der Waals surface area contributed by atoms with Crippen molar-refractivity contribution in [3.05, 3.63) is 34.3 Å². The van der Waals surface area contributed by atoms with Crippen LogP contribution in [0, 0.1) is 17.2 Å². The van der Waals surface area contributed by atoms with Gasteiger partial charge in [0.1, 0.15) is 0 Å². The number of hydrogen-bond acceptors (Lipinski definition) is 2. The number of amides is 1. The summed E-state index contributed by atoms with van der Waals surface area (Å²) in [6, 6.07) is 10.1. The van der Waals surface area contributed by atoms with Crippen LogP contribution in [0.25, 0.3) is 0 Å². The Kier molecular flexibility index (Phi) is 3.80. The van der Waals surface area contributed by atoms with Gasteiger partial charge in [0.25, 0.3) is 0 Å². The lowest BCUT2D eigenvalue weighted by molar-refractivity contribution is -0.134. The molecule has 0 aromatic heterocycles. The van der Waals surface area contributed by atoms with E-state index in [0.717, 1.165) is 16.5 Å². The Morgan fingerprint density at radius 2 is 2.12 bits per heavy atom. The Morgan fingerprint density at radius 3 is 2.71 bits per heavy atom. The maximum Gasteiger partial charge on any atom is 0.224 e. The summed E-state index contributed by atoms with van der Waals surface area (Å²) in [6.45, 7) is 1.33. The number of carbonyl (C=O) groups is 1. The van der Waals surface area contributed by atoms with E-state index in [1.54, 1.807) is 0 Å². The summed E-state index contributed by atoms with van der Waals surface area (Å²) in [6.07, 6.45) is 1.16. The van der Waals surface area contributed by atoms with Crippen LogP contribution in [0.5, 0.6) is 0 Å². The fourth-order valence-corrected chi connectivity index (χ4v) is 2.23. The van der Waals surface area contributed by atoms with Crippen molar-refractivity contribution in [2.75, 3.05) is 6.54 Å². The first-order valence-corrected chi connectivity index (χ1v) is 6.40. The Labute approximate surface area is 109 Å². The van der Waals surface area contributed by atoms with Crippen molar-refractivity contribution in [2.24, 2.45) is 5.92 Å². The van der Waals surface area contributed by atoms with Gasteiger partial charge in [0, 0.05) is 24.0 Å². The predicted octanol–water partition coefficient (Wildman–Crippen LogP) is 2.71. The van der Waals surface area contributed by atoms with Crippen molar-refractivity contribution in [3.63, 3.8) is 0 Å². The number of halogens is 1. The van der Waals surface area contributed by atoms with Crippen LogP contribution in [0.1, 0.15) is 18.4 Å². The number of nitrogens with zero attached hydrogens (tertiary/aromatic N) is 2. The first kappa shape index (κ1) is 12.1. The second kappa shape index (κ2) is 5.33. The van der Waals surface area contributed by atoms with Crippen LogP contribution in [0.2, 0.25) is 0 Å². The van der Waals surface area contributed by atoms with Crippen molar-refractivity contribution in [2.45, 2.75) is 19.4 Å². The largest absolute Gasteiger partial charge is 0.338 e. The van der Waals surface area contributed by atoms with Crippen LogP contribution in [0.15, 0.2) is 28.7 Å². The third-order valence-corrected chi connectivity index (χ3v) is 3.52. The van der Waals surface area contributed by atoms with Crippen molar-refractivity contribution in [1.29, 1.82) is 5.26 Å². The second-order valence-electron chi connectivity index (χ2n) is 4.26. The summed E-state index contributed by atoms with van der Waals surface area (Å²) in [4.78, 5) is 13.6. The molecule has 0 aliphatic carbocycles. The lowest BCUT2D eigenvalue weighted by Gasteiger charge is -2.29. The van der Waals surface area contributed by atoms with Gasteiger partial charge in [0.15, 0.2) is 0 Å². The molecule has 0 radical (unpaired) electrons. The van der Waals surface area contributed by atoms with Gasteiger partial charge in [-0.2, -0.15) is 5.26 Å². The molecule has 2 rings (SSSR count). The molecule has 1 atom stereocenters. The molecule has 88 valence electrons. The third kappa shape index (κ3) is 3.07. The summed E-state index contributed by atoms with van der Waals surface area (Å²) in [5, 5.41) is 8.79. The van der Waals surface area contributed by atoms with Gasteiger partial charge in [0.05, 0.1) is 12.0 Å². The molecule has 3 nitrogen and oxygen atoms in total. The fourth-order valence-electron chi connectivity index (χ4n) is 1.97. The van der Waals surface area contributed by atoms with Gasteiger partial charge in [-0.05, 0) is 24.1 Å². The number of piperidine rings is 1. The first-order chi connectivity index (χ1) is 8.19. The molecule has 0 N–H and O–H groups in total. The molecule has 17 heavy (non-hydrogen) atoms. The molecule has 1 aromatic rings. The first-order valence-electron chi connectivity index (χ1n) is 5.61. The molecule has 1 aromatic carbocycles. The quantitative estimate of drug-likeness (QED) is 0.841. The van der Waals surface area contributed by atoms with Gasteiger partial charge in [-0.15, -0.1) is 0 Å². The van der Waals surface area contributed by atoms with E-state index in [1.807, 2.05) is 29.2 Å². The van der Waals surface area contributed by atoms with E-state index < -0.39 is 0 Å². The molecular weight excluding hydrogens is 280 g/mol. The number of benzene rings is 1. The van der Waals surface area contributed by atoms with Gasteiger partial charge in [-0.1, -0.05) is 28.1 Å². The van der Waals surface area contributed by atoms with Crippen LogP contribution in [0.4, 0.5) is 0 Å². The minimum atomic E-state index is -0.0938. The fraction of sp³-hybridized carbons (Fsp3) is 0.385. The molecule has 1 amide bonds. The van der Waals surface area contributed by atoms with Crippen molar-refractivity contribution in [1.82, 2.24) is 4.90 Å². The normalized spacial score (nSPS) is 20.1. The molecule has 1 unspecified atom stereocenters. The Hall–Kier alpha value is -1.34. The van der Waals surface area contributed by atoms with Crippen molar-refractivity contribution < 1.29 is 4.79 Å². The zero-order chi connectivity index (χ0) is 12.3. The van der Waals surface area contributed by atoms with Gasteiger partial charge in [0.2, 0.25) is 5.91 Å². The highest BCUT2D eigenvalue weighted by molar-refractivity contribution is 9.10. The molecule has 1 saturated heterocycles. The number of nitriles is 1. The average Bonchev–Trinajstić information content (AvgIpc) is 2.34. The van der Waals surface area contributed by atoms with Crippen LogP contribution in [-0.2, 0) is 11.3 Å². The predicted molar refractivity (Wildman–Crippen MR) is 67.9 cm³/mol. The van der Waals surface area contributed by atoms with Crippen LogP contribution >= 0.6 is 15.9 Å². The second-order valence-corrected chi connectivity index (χ2v) is 5.18. The Balaban J connectivity index is 1.98. The maximum absolute atomic E-state index is 11.8. The Bertz CT molecular complexity index is 449. The maximum atomic E-state index is 11.8. The molecule has 1 aliphatic heterocycles. The lowest BCUT2D eigenvalue weighted by Crippen LogP contribution is -2.37. The van der Waals surface area contributed by atoms with Gasteiger partial charge in [-0.3, -0.25) is 4.79 Å². The number of rotatable bonds is 2. The van der Waals surface area contributed by atoms with Crippen LogP contribution in [-0.4, -0.2) is 17.4 Å². The van der Waals surface area contributed by atoms with Gasteiger partial charge in [-0.25, -0.2) is 0 Å². The van der Waals surface area contributed by atoms with E-state index in [4.69, 9.17) is 5.26 Å². The zero-order valence-corrected chi connectivity index (χ0v) is 11.0. The van der Waals surface area contributed by atoms with E-state index in [0.29, 0.717) is 19.5 Å². The molecule has 1 heterocycles. The monoisotopic (exact) mass is 292 g/mol. The van der Waals surface area contributed by atoms with E-state index in [9.17, 15) is 4.79 Å². The highest BCUT2D eigenvalue weighted by atomic mass is 79.9. The number of hydrogen-bond donors (Lipinski definition) is 0. The summed E-state index contributed by atoms with van der Waals surface area (Å²) >= 11 is 3.38. The molecule has 0 spiro atoms. The minimum absolute atomic E-state index is 0.0886. The number of likely N-dealkylation sites (tertiary alicyclic amines) is 1. The smallest absolute Gasteiger partial charge is 0.224 e.